The molecule has 0 aromatic heterocycles. The predicted molar refractivity (Wildman–Crippen MR) is 139 cm³/mol. The number of amides is 5. The number of hydrogen-bond acceptors (Lipinski definition) is 5. The van der Waals surface area contributed by atoms with Crippen molar-refractivity contribution in [2.45, 2.75) is 32.1 Å². The molecule has 202 valence electrons. The first-order valence-electron chi connectivity index (χ1n) is 11.8. The Morgan fingerprint density at radius 1 is 0.950 bits per heavy atom. The van der Waals surface area contributed by atoms with Crippen molar-refractivity contribution in [1.82, 2.24) is 4.90 Å². The van der Waals surface area contributed by atoms with Gasteiger partial charge in [-0.1, -0.05) is 18.2 Å². The minimum Gasteiger partial charge on any atom is -0.308 e. The summed E-state index contributed by atoms with van der Waals surface area (Å²) in [7, 11) is 0. The molecular formula is C28H21F3N6O3. The Labute approximate surface area is 227 Å². The number of hydrogen-bond donors (Lipinski definition) is 2. The number of urea groups is 2. The molecule has 1 saturated heterocycles. The van der Waals surface area contributed by atoms with Crippen LogP contribution in [-0.2, 0) is 17.5 Å². The van der Waals surface area contributed by atoms with Crippen LogP contribution in [0.25, 0.3) is 0 Å². The average molecular weight is 547 g/mol. The van der Waals surface area contributed by atoms with E-state index in [1.807, 2.05) is 6.07 Å². The highest BCUT2D eigenvalue weighted by molar-refractivity contribution is 6.23. The largest absolute Gasteiger partial charge is 0.417 e. The summed E-state index contributed by atoms with van der Waals surface area (Å²) in [5.41, 5.74) is -1.99. The summed E-state index contributed by atoms with van der Waals surface area (Å²) >= 11 is 0. The maximum Gasteiger partial charge on any atom is 0.417 e. The van der Waals surface area contributed by atoms with E-state index in [-0.39, 0.29) is 12.2 Å². The third kappa shape index (κ3) is 5.28. The standard InChI is InChI=1S/C28H21F3N6O3/c1-27(2)24(38)37(21-12-9-18(15-33)22(13-21)28(29,30)31)26(40)36(27)16-19-5-3-4-6-23(19)35-25(39)34-20-10-7-17(14-32)8-11-20/h3-13H,16H2,1-2H3,(H2,34,35,39). The minimum atomic E-state index is -4.87. The van der Waals surface area contributed by atoms with Gasteiger partial charge in [-0.15, -0.1) is 0 Å². The Hall–Kier alpha value is -5.36. The summed E-state index contributed by atoms with van der Waals surface area (Å²) < 4.78 is 40.6. The van der Waals surface area contributed by atoms with E-state index in [1.165, 1.54) is 24.8 Å². The van der Waals surface area contributed by atoms with E-state index >= 15 is 0 Å². The van der Waals surface area contributed by atoms with E-state index in [9.17, 15) is 27.6 Å². The first-order chi connectivity index (χ1) is 18.9. The second-order valence-electron chi connectivity index (χ2n) is 9.33. The van der Waals surface area contributed by atoms with Crippen molar-refractivity contribution in [3.63, 3.8) is 0 Å². The molecule has 0 atom stereocenters. The highest BCUT2D eigenvalue weighted by Crippen LogP contribution is 2.38. The fourth-order valence-corrected chi connectivity index (χ4v) is 4.20. The number of halogens is 3. The highest BCUT2D eigenvalue weighted by atomic mass is 19.4. The van der Waals surface area contributed by atoms with Gasteiger partial charge in [0, 0.05) is 11.4 Å². The lowest BCUT2D eigenvalue weighted by Crippen LogP contribution is -2.43. The van der Waals surface area contributed by atoms with Crippen molar-refractivity contribution >= 4 is 35.0 Å². The number of anilines is 3. The molecule has 9 nitrogen and oxygen atoms in total. The van der Waals surface area contributed by atoms with E-state index in [0.717, 1.165) is 12.1 Å². The number of imide groups is 1. The molecule has 40 heavy (non-hydrogen) atoms. The fraction of sp³-hybridized carbons (Fsp3) is 0.179. The maximum atomic E-state index is 13.5. The summed E-state index contributed by atoms with van der Waals surface area (Å²) in [5, 5.41) is 23.3. The molecule has 1 aliphatic rings. The number of carbonyl (C=O) groups is 3. The monoisotopic (exact) mass is 546 g/mol. The summed E-state index contributed by atoms with van der Waals surface area (Å²) in [6.45, 7) is 2.79. The second kappa shape index (κ2) is 10.4. The quantitative estimate of drug-likeness (QED) is 0.389. The van der Waals surface area contributed by atoms with Crippen LogP contribution in [0.4, 0.5) is 39.8 Å². The number of nitrogens with zero attached hydrogens (tertiary/aromatic N) is 4. The van der Waals surface area contributed by atoms with Crippen LogP contribution < -0.4 is 15.5 Å². The molecule has 2 N–H and O–H groups in total. The number of alkyl halides is 3. The zero-order valence-electron chi connectivity index (χ0n) is 21.2. The minimum absolute atomic E-state index is 0.149. The van der Waals surface area contributed by atoms with Crippen LogP contribution >= 0.6 is 0 Å². The van der Waals surface area contributed by atoms with Gasteiger partial charge in [-0.05, 0) is 67.9 Å². The van der Waals surface area contributed by atoms with Crippen molar-refractivity contribution in [1.29, 1.82) is 10.5 Å². The van der Waals surface area contributed by atoms with Crippen LogP contribution in [-0.4, -0.2) is 28.4 Å². The smallest absolute Gasteiger partial charge is 0.308 e. The maximum absolute atomic E-state index is 13.5. The van der Waals surface area contributed by atoms with Gasteiger partial charge in [0.2, 0.25) is 0 Å². The zero-order valence-corrected chi connectivity index (χ0v) is 21.2. The van der Waals surface area contributed by atoms with Crippen molar-refractivity contribution in [2.24, 2.45) is 0 Å². The number of rotatable bonds is 5. The summed E-state index contributed by atoms with van der Waals surface area (Å²) in [6, 6.07) is 17.4. The molecule has 0 radical (unpaired) electrons. The Kier molecular flexibility index (Phi) is 7.21. The van der Waals surface area contributed by atoms with Crippen LogP contribution in [0.3, 0.4) is 0 Å². The third-order valence-electron chi connectivity index (χ3n) is 6.38. The molecule has 3 aromatic carbocycles. The molecule has 5 amide bonds. The Balaban J connectivity index is 1.59. The Morgan fingerprint density at radius 2 is 1.62 bits per heavy atom. The van der Waals surface area contributed by atoms with Gasteiger partial charge in [-0.3, -0.25) is 4.79 Å². The molecular weight excluding hydrogens is 525 g/mol. The van der Waals surface area contributed by atoms with Gasteiger partial charge in [0.1, 0.15) is 5.54 Å². The van der Waals surface area contributed by atoms with Gasteiger partial charge in [0.25, 0.3) is 5.91 Å². The molecule has 0 unspecified atom stereocenters. The molecule has 12 heteroatoms. The van der Waals surface area contributed by atoms with Crippen molar-refractivity contribution < 1.29 is 27.6 Å². The lowest BCUT2D eigenvalue weighted by atomic mass is 10.0. The molecule has 0 saturated carbocycles. The lowest BCUT2D eigenvalue weighted by molar-refractivity contribution is -0.137. The fourth-order valence-electron chi connectivity index (χ4n) is 4.20. The number of nitrogens with one attached hydrogen (secondary N) is 2. The van der Waals surface area contributed by atoms with E-state index in [0.29, 0.717) is 33.5 Å². The van der Waals surface area contributed by atoms with Crippen LogP contribution in [0, 0.1) is 22.7 Å². The molecule has 4 rings (SSSR count). The third-order valence-corrected chi connectivity index (χ3v) is 6.38. The molecule has 0 spiro atoms. The van der Waals surface area contributed by atoms with Crippen LogP contribution in [0.1, 0.15) is 36.1 Å². The van der Waals surface area contributed by atoms with Gasteiger partial charge in [0.05, 0.1) is 41.1 Å². The van der Waals surface area contributed by atoms with Gasteiger partial charge < -0.3 is 15.5 Å². The zero-order chi connectivity index (χ0) is 29.2. The van der Waals surface area contributed by atoms with E-state index < -0.39 is 40.8 Å². The highest BCUT2D eigenvalue weighted by Gasteiger charge is 2.52. The SMILES string of the molecule is CC1(C)C(=O)N(c2ccc(C#N)c(C(F)(F)F)c2)C(=O)N1Cc1ccccc1NC(=O)Nc1ccc(C#N)cc1. The van der Waals surface area contributed by atoms with E-state index in [2.05, 4.69) is 10.6 Å². The van der Waals surface area contributed by atoms with Gasteiger partial charge in [-0.2, -0.15) is 23.7 Å². The molecule has 1 aliphatic heterocycles. The molecule has 1 fully saturated rings. The van der Waals surface area contributed by atoms with Crippen LogP contribution in [0.15, 0.2) is 66.7 Å². The second-order valence-corrected chi connectivity index (χ2v) is 9.33. The first kappa shape index (κ1) is 27.7. The molecule has 0 bridgehead atoms. The number of para-hydroxylation sites is 1. The number of benzene rings is 3. The normalized spacial score (nSPS) is 14.5. The summed E-state index contributed by atoms with van der Waals surface area (Å²) in [4.78, 5) is 41.2. The predicted octanol–water partition coefficient (Wildman–Crippen LogP) is 5.84. The molecule has 3 aromatic rings. The van der Waals surface area contributed by atoms with Crippen LogP contribution in [0.2, 0.25) is 0 Å². The molecule has 0 aliphatic carbocycles. The van der Waals surface area contributed by atoms with Crippen molar-refractivity contribution in [3.05, 3.63) is 89.0 Å². The van der Waals surface area contributed by atoms with Gasteiger partial charge in [-0.25, -0.2) is 14.5 Å². The molecule has 1 heterocycles. The van der Waals surface area contributed by atoms with Gasteiger partial charge in [0.15, 0.2) is 0 Å². The number of carbonyl (C=O) groups excluding carboxylic acids is 3. The Bertz CT molecular complexity index is 1590. The van der Waals surface area contributed by atoms with E-state index in [1.54, 1.807) is 48.5 Å². The lowest BCUT2D eigenvalue weighted by Gasteiger charge is -2.28. The Morgan fingerprint density at radius 3 is 2.25 bits per heavy atom. The average Bonchev–Trinajstić information content (AvgIpc) is 3.08. The first-order valence-corrected chi connectivity index (χ1v) is 11.8. The number of nitriles is 2. The van der Waals surface area contributed by atoms with Crippen LogP contribution in [0.5, 0.6) is 0 Å². The summed E-state index contributed by atoms with van der Waals surface area (Å²) in [6.07, 6.45) is -4.87. The van der Waals surface area contributed by atoms with Gasteiger partial charge >= 0.3 is 18.2 Å². The topological polar surface area (TPSA) is 129 Å². The van der Waals surface area contributed by atoms with Crippen molar-refractivity contribution in [2.75, 3.05) is 15.5 Å². The van der Waals surface area contributed by atoms with E-state index in [4.69, 9.17) is 10.5 Å². The summed E-state index contributed by atoms with van der Waals surface area (Å²) in [5.74, 6) is -0.751. The van der Waals surface area contributed by atoms with Crippen molar-refractivity contribution in [3.8, 4) is 12.1 Å².